The van der Waals surface area contributed by atoms with Gasteiger partial charge in [0.1, 0.15) is 6.61 Å². The molecule has 0 fully saturated rings. The Morgan fingerprint density at radius 1 is 0.700 bits per heavy atom. The van der Waals surface area contributed by atoms with E-state index in [4.69, 9.17) is 23.7 Å². The van der Waals surface area contributed by atoms with Crippen LogP contribution in [0.2, 0.25) is 0 Å². The molecule has 0 spiro atoms. The normalized spacial score (nSPS) is 10.9. The highest BCUT2D eigenvalue weighted by atomic mass is 79.9. The molecule has 0 aliphatic rings. The van der Waals surface area contributed by atoms with Crippen molar-refractivity contribution in [2.24, 2.45) is 0 Å². The number of carbonyl (C=O) groups is 1. The lowest BCUT2D eigenvalue weighted by atomic mass is 10.5. The van der Waals surface area contributed by atoms with Crippen LogP contribution in [0.3, 0.4) is 0 Å². The molecular formula is C13H25BrO6. The summed E-state index contributed by atoms with van der Waals surface area (Å²) >= 11 is 3.27. The largest absolute Gasteiger partial charge is 0.378 e. The third-order valence-corrected chi connectivity index (χ3v) is 2.34. The van der Waals surface area contributed by atoms with Crippen LogP contribution in [-0.2, 0) is 28.5 Å². The second-order valence-corrected chi connectivity index (χ2v) is 4.69. The first-order chi connectivity index (χ1) is 9.77. The number of carbonyl (C=O) groups excluding carboxylic acids is 1. The molecule has 0 saturated carbocycles. The minimum Gasteiger partial charge on any atom is -0.378 e. The molecule has 0 radical (unpaired) electrons. The van der Waals surface area contributed by atoms with Gasteiger partial charge >= 0.3 is 0 Å². The summed E-state index contributed by atoms with van der Waals surface area (Å²) in [6.07, 6.45) is 0. The van der Waals surface area contributed by atoms with Crippen LogP contribution >= 0.6 is 15.9 Å². The zero-order valence-corrected chi connectivity index (χ0v) is 13.7. The van der Waals surface area contributed by atoms with Crippen LogP contribution in [0.1, 0.15) is 6.92 Å². The fourth-order valence-electron chi connectivity index (χ4n) is 1.15. The number of Topliss-reactive ketones (excluding diaryl/α,β-unsaturated/α-hetero) is 1. The molecule has 0 atom stereocenters. The van der Waals surface area contributed by atoms with E-state index in [9.17, 15) is 4.79 Å². The van der Waals surface area contributed by atoms with E-state index >= 15 is 0 Å². The van der Waals surface area contributed by atoms with Crippen molar-refractivity contribution in [3.63, 3.8) is 0 Å². The molecule has 0 amide bonds. The smallest absolute Gasteiger partial charge is 0.155 e. The SMILES string of the molecule is CC(=O)COCCOCCOCCOCCOCCBr. The molecule has 0 aliphatic carbocycles. The van der Waals surface area contributed by atoms with E-state index in [1.807, 2.05) is 0 Å². The van der Waals surface area contributed by atoms with Gasteiger partial charge in [-0.25, -0.2) is 0 Å². The minimum atomic E-state index is 0.0194. The molecule has 0 bridgehead atoms. The van der Waals surface area contributed by atoms with Crippen LogP contribution in [-0.4, -0.2) is 77.2 Å². The van der Waals surface area contributed by atoms with E-state index in [-0.39, 0.29) is 12.4 Å². The topological polar surface area (TPSA) is 63.2 Å². The molecule has 0 aromatic rings. The lowest BCUT2D eigenvalue weighted by Crippen LogP contribution is -2.14. The molecule has 0 aliphatic heterocycles. The Hall–Kier alpha value is -0.0500. The molecule has 7 heteroatoms. The number of ketones is 1. The molecule has 0 rings (SSSR count). The monoisotopic (exact) mass is 356 g/mol. The summed E-state index contributed by atoms with van der Waals surface area (Å²) < 4.78 is 26.1. The maximum atomic E-state index is 10.6. The van der Waals surface area contributed by atoms with E-state index in [0.717, 1.165) is 5.33 Å². The van der Waals surface area contributed by atoms with Gasteiger partial charge in [-0.3, -0.25) is 4.79 Å². The highest BCUT2D eigenvalue weighted by molar-refractivity contribution is 9.09. The van der Waals surface area contributed by atoms with Crippen LogP contribution < -0.4 is 0 Å². The zero-order chi connectivity index (χ0) is 14.9. The predicted molar refractivity (Wildman–Crippen MR) is 78.6 cm³/mol. The molecule has 120 valence electrons. The first kappa shape index (κ1) is 19.9. The van der Waals surface area contributed by atoms with E-state index in [2.05, 4.69) is 15.9 Å². The van der Waals surface area contributed by atoms with Crippen molar-refractivity contribution in [1.29, 1.82) is 0 Å². The van der Waals surface area contributed by atoms with E-state index in [1.165, 1.54) is 6.92 Å². The Bertz CT molecular complexity index is 215. The van der Waals surface area contributed by atoms with Gasteiger partial charge in [-0.1, -0.05) is 15.9 Å². The average Bonchev–Trinajstić information content (AvgIpc) is 2.43. The van der Waals surface area contributed by atoms with Crippen LogP contribution in [0.25, 0.3) is 0 Å². The fraction of sp³-hybridized carbons (Fsp3) is 0.923. The number of rotatable bonds is 16. The van der Waals surface area contributed by atoms with Gasteiger partial charge in [0.2, 0.25) is 0 Å². The summed E-state index contributed by atoms with van der Waals surface area (Å²) in [5.74, 6) is 0.0194. The highest BCUT2D eigenvalue weighted by Crippen LogP contribution is 1.85. The van der Waals surface area contributed by atoms with Crippen LogP contribution in [0.4, 0.5) is 0 Å². The van der Waals surface area contributed by atoms with Crippen molar-refractivity contribution >= 4 is 21.7 Å². The molecule has 20 heavy (non-hydrogen) atoms. The second-order valence-electron chi connectivity index (χ2n) is 3.89. The van der Waals surface area contributed by atoms with Crippen molar-refractivity contribution in [2.45, 2.75) is 6.92 Å². The Balaban J connectivity index is 2.94. The van der Waals surface area contributed by atoms with E-state index < -0.39 is 0 Å². The fourth-order valence-corrected chi connectivity index (χ4v) is 1.38. The van der Waals surface area contributed by atoms with Crippen molar-refractivity contribution in [2.75, 3.05) is 71.4 Å². The minimum absolute atomic E-state index is 0.0194. The molecule has 0 saturated heterocycles. The van der Waals surface area contributed by atoms with Crippen LogP contribution in [0.15, 0.2) is 0 Å². The molecule has 0 unspecified atom stereocenters. The van der Waals surface area contributed by atoms with Crippen molar-refractivity contribution in [3.8, 4) is 0 Å². The number of alkyl halides is 1. The van der Waals surface area contributed by atoms with Crippen LogP contribution in [0, 0.1) is 0 Å². The Morgan fingerprint density at radius 3 is 1.40 bits per heavy atom. The van der Waals surface area contributed by atoms with Gasteiger partial charge in [0.05, 0.1) is 59.5 Å². The summed E-state index contributed by atoms with van der Waals surface area (Å²) in [6, 6.07) is 0. The summed E-state index contributed by atoms with van der Waals surface area (Å²) in [5, 5.41) is 0.843. The lowest BCUT2D eigenvalue weighted by Gasteiger charge is -2.07. The summed E-state index contributed by atoms with van der Waals surface area (Å²) in [7, 11) is 0. The molecule has 6 nitrogen and oxygen atoms in total. The van der Waals surface area contributed by atoms with Crippen molar-refractivity contribution < 1.29 is 28.5 Å². The standard InChI is InChI=1S/C13H25BrO6/c1-13(15)12-20-11-10-19-9-8-18-7-6-17-5-4-16-3-2-14/h2-12H2,1H3. The summed E-state index contributed by atoms with van der Waals surface area (Å²) in [4.78, 5) is 10.6. The van der Waals surface area contributed by atoms with Gasteiger partial charge in [-0.05, 0) is 6.92 Å². The number of halogens is 1. The van der Waals surface area contributed by atoms with Gasteiger partial charge < -0.3 is 23.7 Å². The Kier molecular flexibility index (Phi) is 17.0. The summed E-state index contributed by atoms with van der Waals surface area (Å²) in [6.45, 7) is 6.56. The van der Waals surface area contributed by atoms with Gasteiger partial charge in [0.15, 0.2) is 5.78 Å². The molecule has 0 N–H and O–H groups in total. The molecule has 0 aromatic carbocycles. The van der Waals surface area contributed by atoms with Gasteiger partial charge in [0, 0.05) is 5.33 Å². The first-order valence-corrected chi connectivity index (χ1v) is 7.83. The lowest BCUT2D eigenvalue weighted by molar-refractivity contribution is -0.122. The third-order valence-electron chi connectivity index (χ3n) is 2.01. The van der Waals surface area contributed by atoms with Crippen LogP contribution in [0.5, 0.6) is 0 Å². The van der Waals surface area contributed by atoms with Gasteiger partial charge in [-0.2, -0.15) is 0 Å². The molecular weight excluding hydrogens is 332 g/mol. The van der Waals surface area contributed by atoms with Gasteiger partial charge in [0.25, 0.3) is 0 Å². The van der Waals surface area contributed by atoms with Crippen molar-refractivity contribution in [3.05, 3.63) is 0 Å². The number of hydrogen-bond acceptors (Lipinski definition) is 6. The second kappa shape index (κ2) is 17.0. The Morgan fingerprint density at radius 2 is 1.05 bits per heavy atom. The summed E-state index contributed by atoms with van der Waals surface area (Å²) in [5.41, 5.74) is 0. The average molecular weight is 357 g/mol. The van der Waals surface area contributed by atoms with E-state index in [1.54, 1.807) is 0 Å². The van der Waals surface area contributed by atoms with Gasteiger partial charge in [-0.15, -0.1) is 0 Å². The maximum absolute atomic E-state index is 10.6. The quantitative estimate of drug-likeness (QED) is 0.304. The zero-order valence-electron chi connectivity index (χ0n) is 12.1. The maximum Gasteiger partial charge on any atom is 0.155 e. The van der Waals surface area contributed by atoms with Crippen molar-refractivity contribution in [1.82, 2.24) is 0 Å². The highest BCUT2D eigenvalue weighted by Gasteiger charge is 1.94. The number of hydrogen-bond donors (Lipinski definition) is 0. The molecule has 0 aromatic heterocycles. The predicted octanol–water partition coefficient (Wildman–Crippen LogP) is 1.05. The Labute approximate surface area is 129 Å². The first-order valence-electron chi connectivity index (χ1n) is 6.71. The molecule has 0 heterocycles. The number of ether oxygens (including phenoxy) is 5. The van der Waals surface area contributed by atoms with E-state index in [0.29, 0.717) is 59.5 Å². The third kappa shape index (κ3) is 17.9.